The van der Waals surface area contributed by atoms with Crippen molar-refractivity contribution in [2.75, 3.05) is 6.61 Å². The van der Waals surface area contributed by atoms with Gasteiger partial charge in [0.25, 0.3) is 0 Å². The normalized spacial score (nSPS) is 19.7. The first-order chi connectivity index (χ1) is 18.5. The molecular weight excluding hydrogens is 472 g/mol. The van der Waals surface area contributed by atoms with Gasteiger partial charge in [-0.05, 0) is 85.5 Å². The monoisotopic (exact) mass is 520 g/mol. The number of rotatable bonds is 15. The molecular formula is C33H48N2O3. The van der Waals surface area contributed by atoms with Gasteiger partial charge in [-0.25, -0.2) is 4.79 Å². The molecule has 0 radical (unpaired) electrons. The molecule has 0 aromatic heterocycles. The zero-order valence-corrected chi connectivity index (χ0v) is 24.0. The fourth-order valence-corrected chi connectivity index (χ4v) is 5.27. The fourth-order valence-electron chi connectivity index (χ4n) is 5.27. The Bertz CT molecular complexity index is 969. The number of hydrogen-bond acceptors (Lipinski definition) is 5. The van der Waals surface area contributed by atoms with Crippen LogP contribution in [0.3, 0.4) is 0 Å². The Morgan fingerprint density at radius 3 is 2.03 bits per heavy atom. The Kier molecular flexibility index (Phi) is 12.8. The molecule has 2 aromatic carbocycles. The summed E-state index contributed by atoms with van der Waals surface area (Å²) in [7, 11) is 0. The van der Waals surface area contributed by atoms with Gasteiger partial charge in [0.05, 0.1) is 23.5 Å². The van der Waals surface area contributed by atoms with Crippen LogP contribution in [0, 0.1) is 17.8 Å². The third-order valence-corrected chi connectivity index (χ3v) is 7.71. The van der Waals surface area contributed by atoms with Crippen LogP contribution in [0.25, 0.3) is 0 Å². The van der Waals surface area contributed by atoms with E-state index >= 15 is 0 Å². The highest BCUT2D eigenvalue weighted by Crippen LogP contribution is 2.35. The Balaban J connectivity index is 1.40. The lowest BCUT2D eigenvalue weighted by atomic mass is 9.75. The van der Waals surface area contributed by atoms with Gasteiger partial charge in [-0.2, -0.15) is 10.2 Å². The minimum absolute atomic E-state index is 0.00196. The molecule has 3 atom stereocenters. The first-order valence-corrected chi connectivity index (χ1v) is 14.9. The van der Waals surface area contributed by atoms with Crippen molar-refractivity contribution in [3.8, 4) is 5.75 Å². The van der Waals surface area contributed by atoms with Crippen molar-refractivity contribution in [2.24, 2.45) is 28.0 Å². The van der Waals surface area contributed by atoms with E-state index < -0.39 is 0 Å². The predicted octanol–water partition coefficient (Wildman–Crippen LogP) is 10.2. The Morgan fingerprint density at radius 2 is 1.42 bits per heavy atom. The maximum absolute atomic E-state index is 12.8. The molecule has 0 unspecified atom stereocenters. The molecule has 208 valence electrons. The van der Waals surface area contributed by atoms with Gasteiger partial charge in [-0.3, -0.25) is 0 Å². The minimum Gasteiger partial charge on any atom is -0.494 e. The summed E-state index contributed by atoms with van der Waals surface area (Å²) in [6.45, 7) is 9.70. The maximum Gasteiger partial charge on any atom is 0.338 e. The molecule has 0 N–H and O–H groups in total. The van der Waals surface area contributed by atoms with E-state index in [-0.39, 0.29) is 12.1 Å². The van der Waals surface area contributed by atoms with Crippen LogP contribution in [0.4, 0.5) is 11.4 Å². The molecule has 38 heavy (non-hydrogen) atoms. The molecule has 0 spiro atoms. The van der Waals surface area contributed by atoms with E-state index in [2.05, 4.69) is 37.9 Å². The predicted molar refractivity (Wildman–Crippen MR) is 156 cm³/mol. The largest absolute Gasteiger partial charge is 0.494 e. The highest BCUT2D eigenvalue weighted by molar-refractivity contribution is 5.89. The van der Waals surface area contributed by atoms with Gasteiger partial charge >= 0.3 is 5.97 Å². The molecule has 1 saturated carbocycles. The van der Waals surface area contributed by atoms with Crippen LogP contribution in [0.5, 0.6) is 5.75 Å². The van der Waals surface area contributed by atoms with E-state index in [1.54, 1.807) is 12.1 Å². The van der Waals surface area contributed by atoms with Gasteiger partial charge in [0.2, 0.25) is 0 Å². The minimum atomic E-state index is -0.249. The molecule has 2 aromatic rings. The fraction of sp³-hybridized carbons (Fsp3) is 0.606. The molecule has 5 nitrogen and oxygen atoms in total. The highest BCUT2D eigenvalue weighted by atomic mass is 16.5. The van der Waals surface area contributed by atoms with Crippen LogP contribution in [0.1, 0.15) is 109 Å². The molecule has 0 aliphatic heterocycles. The number of azo groups is 1. The van der Waals surface area contributed by atoms with E-state index in [1.807, 2.05) is 36.4 Å². The zero-order valence-electron chi connectivity index (χ0n) is 24.0. The zero-order chi connectivity index (χ0) is 27.2. The number of unbranched alkanes of at least 4 members (excludes halogenated alkanes) is 7. The van der Waals surface area contributed by atoms with Crippen molar-refractivity contribution in [2.45, 2.75) is 104 Å². The van der Waals surface area contributed by atoms with Crippen molar-refractivity contribution >= 4 is 17.3 Å². The average Bonchev–Trinajstić information content (AvgIpc) is 2.92. The summed E-state index contributed by atoms with van der Waals surface area (Å²) in [5.74, 6) is 2.16. The number of esters is 1. The van der Waals surface area contributed by atoms with Gasteiger partial charge in [-0.1, -0.05) is 79.1 Å². The lowest BCUT2D eigenvalue weighted by Gasteiger charge is -2.36. The van der Waals surface area contributed by atoms with Crippen molar-refractivity contribution in [3.05, 3.63) is 54.1 Å². The maximum atomic E-state index is 12.8. The second kappa shape index (κ2) is 16.3. The molecule has 5 heteroatoms. The summed E-state index contributed by atoms with van der Waals surface area (Å²) in [5, 5.41) is 8.65. The number of nitrogens with zero attached hydrogens (tertiary/aromatic N) is 2. The Morgan fingerprint density at radius 1 is 0.842 bits per heavy atom. The van der Waals surface area contributed by atoms with Gasteiger partial charge in [0, 0.05) is 0 Å². The third-order valence-electron chi connectivity index (χ3n) is 7.71. The van der Waals surface area contributed by atoms with Gasteiger partial charge in [-0.15, -0.1) is 0 Å². The summed E-state index contributed by atoms with van der Waals surface area (Å²) in [6, 6.07) is 14.9. The number of hydrogen-bond donors (Lipinski definition) is 0. The van der Waals surface area contributed by atoms with Crippen LogP contribution in [-0.4, -0.2) is 18.7 Å². The second-order valence-corrected chi connectivity index (χ2v) is 11.3. The van der Waals surface area contributed by atoms with Crippen LogP contribution in [0.2, 0.25) is 0 Å². The van der Waals surface area contributed by atoms with Crippen molar-refractivity contribution in [1.82, 2.24) is 0 Å². The molecule has 0 saturated heterocycles. The van der Waals surface area contributed by atoms with Crippen LogP contribution in [0.15, 0.2) is 58.8 Å². The number of ether oxygens (including phenoxy) is 2. The van der Waals surface area contributed by atoms with Crippen LogP contribution >= 0.6 is 0 Å². The summed E-state index contributed by atoms with van der Waals surface area (Å²) in [6.07, 6.45) is 13.6. The van der Waals surface area contributed by atoms with E-state index in [0.29, 0.717) is 29.0 Å². The first-order valence-electron chi connectivity index (χ1n) is 14.9. The van der Waals surface area contributed by atoms with Crippen LogP contribution in [-0.2, 0) is 4.74 Å². The second-order valence-electron chi connectivity index (χ2n) is 11.3. The van der Waals surface area contributed by atoms with E-state index in [0.717, 1.165) is 37.3 Å². The molecule has 0 bridgehead atoms. The lowest BCUT2D eigenvalue weighted by molar-refractivity contribution is -0.0174. The molecule has 1 aliphatic rings. The summed E-state index contributed by atoms with van der Waals surface area (Å²) in [5.41, 5.74) is 2.02. The average molecular weight is 521 g/mol. The van der Waals surface area contributed by atoms with E-state index in [4.69, 9.17) is 9.47 Å². The summed E-state index contributed by atoms with van der Waals surface area (Å²) >= 11 is 0. The summed E-state index contributed by atoms with van der Waals surface area (Å²) < 4.78 is 11.8. The molecule has 0 amide bonds. The SMILES string of the molecule is CCCCCCCCCCOc1ccc(N=Nc2ccc(C(=O)O[C@@H]3C[C@H](C)CC[C@H]3C(C)C)cc2)cc1. The van der Waals surface area contributed by atoms with Gasteiger partial charge < -0.3 is 9.47 Å². The molecule has 3 rings (SSSR count). The highest BCUT2D eigenvalue weighted by Gasteiger charge is 2.33. The van der Waals surface area contributed by atoms with Crippen LogP contribution < -0.4 is 4.74 Å². The standard InChI is InChI=1S/C33H48N2O3/c1-5-6-7-8-9-10-11-12-23-37-30-20-18-29(19-21-30)35-34-28-16-14-27(15-17-28)33(36)38-32-24-26(4)13-22-31(32)25(2)3/h14-21,25-26,31-32H,5-13,22-24H2,1-4H3/t26-,31+,32-/m1/s1. The molecule has 1 fully saturated rings. The number of carbonyl (C=O) groups excluding carboxylic acids is 1. The lowest BCUT2D eigenvalue weighted by Crippen LogP contribution is -2.35. The summed E-state index contributed by atoms with van der Waals surface area (Å²) in [4.78, 5) is 12.8. The first kappa shape index (κ1) is 29.9. The molecule has 0 heterocycles. The Labute approximate surface area is 230 Å². The van der Waals surface area contributed by atoms with E-state index in [1.165, 1.54) is 51.4 Å². The van der Waals surface area contributed by atoms with Crippen molar-refractivity contribution < 1.29 is 14.3 Å². The topological polar surface area (TPSA) is 60.2 Å². The Hall–Kier alpha value is -2.69. The third kappa shape index (κ3) is 10.2. The smallest absolute Gasteiger partial charge is 0.338 e. The number of carbonyl (C=O) groups is 1. The molecule has 1 aliphatic carbocycles. The van der Waals surface area contributed by atoms with Crippen molar-refractivity contribution in [3.63, 3.8) is 0 Å². The quantitative estimate of drug-likeness (QED) is 0.133. The number of benzene rings is 2. The van der Waals surface area contributed by atoms with Crippen molar-refractivity contribution in [1.29, 1.82) is 0 Å². The van der Waals surface area contributed by atoms with E-state index in [9.17, 15) is 4.79 Å². The van der Waals surface area contributed by atoms with Gasteiger partial charge in [0.1, 0.15) is 11.9 Å². The van der Waals surface area contributed by atoms with Gasteiger partial charge in [0.15, 0.2) is 0 Å².